The minimum atomic E-state index is -0.000794. The predicted octanol–water partition coefficient (Wildman–Crippen LogP) is 4.20. The van der Waals surface area contributed by atoms with Crippen molar-refractivity contribution in [3.8, 4) is 5.69 Å². The van der Waals surface area contributed by atoms with Crippen LogP contribution in [0.5, 0.6) is 0 Å². The van der Waals surface area contributed by atoms with Crippen molar-refractivity contribution in [2.75, 3.05) is 18.8 Å². The van der Waals surface area contributed by atoms with E-state index in [0.717, 1.165) is 41.9 Å². The van der Waals surface area contributed by atoms with Crippen LogP contribution in [0, 0.1) is 20.8 Å². The first kappa shape index (κ1) is 22.6. The van der Waals surface area contributed by atoms with Crippen LogP contribution in [0.2, 0.25) is 0 Å². The van der Waals surface area contributed by atoms with Crippen LogP contribution in [0.3, 0.4) is 0 Å². The van der Waals surface area contributed by atoms with Crippen molar-refractivity contribution in [2.45, 2.75) is 51.9 Å². The van der Waals surface area contributed by atoms with Crippen LogP contribution in [0.4, 0.5) is 0 Å². The molecule has 1 aliphatic heterocycles. The number of amides is 1. The summed E-state index contributed by atoms with van der Waals surface area (Å²) in [6.45, 7) is 9.93. The molecule has 0 radical (unpaired) electrons. The van der Waals surface area contributed by atoms with Gasteiger partial charge in [0.2, 0.25) is 5.91 Å². The highest BCUT2D eigenvalue weighted by atomic mass is 32.2. The van der Waals surface area contributed by atoms with Crippen molar-refractivity contribution in [3.05, 3.63) is 70.5 Å². The molecule has 0 atom stereocenters. The van der Waals surface area contributed by atoms with Crippen LogP contribution >= 0.6 is 11.8 Å². The van der Waals surface area contributed by atoms with Crippen LogP contribution in [0.25, 0.3) is 5.69 Å². The van der Waals surface area contributed by atoms with Crippen LogP contribution in [0.15, 0.2) is 47.6 Å². The van der Waals surface area contributed by atoms with E-state index in [-0.39, 0.29) is 5.91 Å². The third-order valence-electron chi connectivity index (χ3n) is 5.92. The number of carbonyl (C=O) groups excluding carboxylic acids is 1. The van der Waals surface area contributed by atoms with Gasteiger partial charge in [-0.25, -0.2) is 0 Å². The number of nitrogens with one attached hydrogen (secondary N) is 1. The molecule has 1 aromatic heterocycles. The third kappa shape index (κ3) is 5.40. The zero-order valence-corrected chi connectivity index (χ0v) is 19.9. The van der Waals surface area contributed by atoms with E-state index in [4.69, 9.17) is 0 Å². The Morgan fingerprint density at radius 3 is 2.56 bits per heavy atom. The number of benzene rings is 2. The van der Waals surface area contributed by atoms with E-state index in [2.05, 4.69) is 70.7 Å². The second-order valence-corrected chi connectivity index (χ2v) is 9.42. The standard InChI is InChI=1S/C25H31N5OS/c1-18-10-11-19(2)23(14-18)30-20(3)27-28-25(30)32-17-24(31)26-15-21-8-4-5-9-22(21)16-29-12-6-7-13-29/h4-5,8-11,14H,6-7,12-13,15-17H2,1-3H3,(H,26,31). The molecule has 0 spiro atoms. The molecule has 0 unspecified atom stereocenters. The lowest BCUT2D eigenvalue weighted by Crippen LogP contribution is -2.26. The van der Waals surface area contributed by atoms with Crippen molar-refractivity contribution in [1.82, 2.24) is 25.0 Å². The Labute approximate surface area is 194 Å². The number of nitrogens with zero attached hydrogens (tertiary/aromatic N) is 4. The summed E-state index contributed by atoms with van der Waals surface area (Å²) < 4.78 is 2.03. The lowest BCUT2D eigenvalue weighted by molar-refractivity contribution is -0.118. The maximum absolute atomic E-state index is 12.6. The van der Waals surface area contributed by atoms with Crippen molar-refractivity contribution >= 4 is 17.7 Å². The summed E-state index contributed by atoms with van der Waals surface area (Å²) in [4.78, 5) is 15.1. The average molecular weight is 450 g/mol. The molecular formula is C25H31N5OS. The number of rotatable bonds is 8. The lowest BCUT2D eigenvalue weighted by atomic mass is 10.1. The number of hydrogen-bond acceptors (Lipinski definition) is 5. The Bertz CT molecular complexity index is 1090. The first-order valence-electron chi connectivity index (χ1n) is 11.2. The minimum absolute atomic E-state index is 0.000794. The van der Waals surface area contributed by atoms with Gasteiger partial charge in [0, 0.05) is 13.1 Å². The molecular weight excluding hydrogens is 418 g/mol. The fourth-order valence-corrected chi connectivity index (χ4v) is 4.94. The molecule has 0 saturated carbocycles. The van der Waals surface area contributed by atoms with Crippen molar-refractivity contribution < 1.29 is 4.79 Å². The molecule has 0 aliphatic carbocycles. The monoisotopic (exact) mass is 449 g/mol. The van der Waals surface area contributed by atoms with E-state index in [1.54, 1.807) is 0 Å². The van der Waals surface area contributed by atoms with Gasteiger partial charge in [0.1, 0.15) is 5.82 Å². The molecule has 1 saturated heterocycles. The van der Waals surface area contributed by atoms with Gasteiger partial charge in [0.15, 0.2) is 5.16 Å². The van der Waals surface area contributed by atoms with Crippen molar-refractivity contribution in [3.63, 3.8) is 0 Å². The lowest BCUT2D eigenvalue weighted by Gasteiger charge is -2.17. The first-order valence-corrected chi connectivity index (χ1v) is 12.2. The zero-order chi connectivity index (χ0) is 22.5. The van der Waals surface area contributed by atoms with Crippen LogP contribution in [-0.2, 0) is 17.9 Å². The fraction of sp³-hybridized carbons (Fsp3) is 0.400. The molecule has 168 valence electrons. The zero-order valence-electron chi connectivity index (χ0n) is 19.1. The summed E-state index contributed by atoms with van der Waals surface area (Å²) in [6.07, 6.45) is 2.56. The van der Waals surface area contributed by atoms with Crippen LogP contribution < -0.4 is 5.32 Å². The molecule has 7 heteroatoms. The van der Waals surface area contributed by atoms with E-state index < -0.39 is 0 Å². The van der Waals surface area contributed by atoms with Crippen molar-refractivity contribution in [1.29, 1.82) is 0 Å². The molecule has 6 nitrogen and oxygen atoms in total. The normalized spacial score (nSPS) is 14.1. The van der Waals surface area contributed by atoms with Crippen LogP contribution in [-0.4, -0.2) is 44.4 Å². The summed E-state index contributed by atoms with van der Waals surface area (Å²) in [6, 6.07) is 14.7. The van der Waals surface area contributed by atoms with Gasteiger partial charge < -0.3 is 5.32 Å². The van der Waals surface area contributed by atoms with Crippen LogP contribution in [0.1, 0.15) is 40.9 Å². The molecule has 0 bridgehead atoms. The average Bonchev–Trinajstić information content (AvgIpc) is 3.43. The molecule has 1 fully saturated rings. The molecule has 2 heterocycles. The number of thioether (sulfide) groups is 1. The van der Waals surface area contributed by atoms with Crippen molar-refractivity contribution in [2.24, 2.45) is 0 Å². The van der Waals surface area contributed by atoms with Gasteiger partial charge in [0.25, 0.3) is 0 Å². The highest BCUT2D eigenvalue weighted by Crippen LogP contribution is 2.25. The largest absolute Gasteiger partial charge is 0.351 e. The molecule has 1 aliphatic rings. The topological polar surface area (TPSA) is 63.1 Å². The molecule has 32 heavy (non-hydrogen) atoms. The van der Waals surface area contributed by atoms with E-state index in [1.807, 2.05) is 17.6 Å². The van der Waals surface area contributed by atoms with E-state index >= 15 is 0 Å². The molecule has 1 amide bonds. The van der Waals surface area contributed by atoms with E-state index in [0.29, 0.717) is 12.3 Å². The number of carbonyl (C=O) groups is 1. The Kier molecular flexibility index (Phi) is 7.27. The third-order valence-corrected chi connectivity index (χ3v) is 6.85. The second-order valence-electron chi connectivity index (χ2n) is 8.47. The van der Waals surface area contributed by atoms with Gasteiger partial charge in [0.05, 0.1) is 11.4 Å². The first-order chi connectivity index (χ1) is 15.5. The highest BCUT2D eigenvalue weighted by molar-refractivity contribution is 7.99. The molecule has 3 aromatic rings. The minimum Gasteiger partial charge on any atom is -0.351 e. The fourth-order valence-electron chi connectivity index (χ4n) is 4.11. The summed E-state index contributed by atoms with van der Waals surface area (Å²) in [5.41, 5.74) is 5.88. The number of likely N-dealkylation sites (tertiary alicyclic amines) is 1. The maximum Gasteiger partial charge on any atom is 0.230 e. The number of aryl methyl sites for hydroxylation is 3. The Balaban J connectivity index is 1.37. The van der Waals surface area contributed by atoms with Gasteiger partial charge in [-0.3, -0.25) is 14.3 Å². The maximum atomic E-state index is 12.6. The smallest absolute Gasteiger partial charge is 0.230 e. The van der Waals surface area contributed by atoms with E-state index in [9.17, 15) is 4.79 Å². The SMILES string of the molecule is Cc1ccc(C)c(-n2c(C)nnc2SCC(=O)NCc2ccccc2CN2CCCC2)c1. The van der Waals surface area contributed by atoms with E-state index in [1.165, 1.54) is 41.3 Å². The Hall–Kier alpha value is -2.64. The van der Waals surface area contributed by atoms with Gasteiger partial charge in [-0.1, -0.05) is 48.2 Å². The summed E-state index contributed by atoms with van der Waals surface area (Å²) in [5.74, 6) is 1.12. The summed E-state index contributed by atoms with van der Waals surface area (Å²) >= 11 is 1.42. The predicted molar refractivity (Wildman–Crippen MR) is 129 cm³/mol. The van der Waals surface area contributed by atoms with Gasteiger partial charge in [-0.05, 0) is 75.0 Å². The number of aromatic nitrogens is 3. The molecule has 4 rings (SSSR count). The molecule has 1 N–H and O–H groups in total. The summed E-state index contributed by atoms with van der Waals surface area (Å²) in [7, 11) is 0. The highest BCUT2D eigenvalue weighted by Gasteiger charge is 2.16. The Morgan fingerprint density at radius 1 is 1.03 bits per heavy atom. The Morgan fingerprint density at radius 2 is 1.78 bits per heavy atom. The quantitative estimate of drug-likeness (QED) is 0.522. The second kappa shape index (κ2) is 10.3. The van der Waals surface area contributed by atoms with Gasteiger partial charge in [-0.15, -0.1) is 10.2 Å². The number of hydrogen-bond donors (Lipinski definition) is 1. The van der Waals surface area contributed by atoms with Gasteiger partial charge >= 0.3 is 0 Å². The molecule has 2 aromatic carbocycles. The van der Waals surface area contributed by atoms with Gasteiger partial charge in [-0.2, -0.15) is 0 Å². The summed E-state index contributed by atoms with van der Waals surface area (Å²) in [5, 5.41) is 12.4.